The number of nitrogens with zero attached hydrogens (tertiary/aromatic N) is 2. The second kappa shape index (κ2) is 5.79. The Morgan fingerprint density at radius 3 is 2.90 bits per heavy atom. The van der Waals surface area contributed by atoms with Gasteiger partial charge < -0.3 is 10.1 Å². The average Bonchev–Trinajstić information content (AvgIpc) is 3.17. The molecular weight excluding hydrogens is 270 g/mol. The molecule has 1 saturated carbocycles. The normalized spacial score (nSPS) is 14.3. The summed E-state index contributed by atoms with van der Waals surface area (Å²) in [7, 11) is 0. The summed E-state index contributed by atoms with van der Waals surface area (Å²) in [5.74, 6) is 3.07. The van der Waals surface area contributed by atoms with Crippen molar-refractivity contribution in [2.24, 2.45) is 0 Å². The van der Waals surface area contributed by atoms with Gasteiger partial charge in [0.05, 0.1) is 5.56 Å². The molecule has 1 aliphatic carbocycles. The third-order valence-corrected chi connectivity index (χ3v) is 4.19. The minimum atomic E-state index is 0.525. The van der Waals surface area contributed by atoms with Gasteiger partial charge in [0.25, 0.3) is 0 Å². The Kier molecular flexibility index (Phi) is 3.87. The highest BCUT2D eigenvalue weighted by Gasteiger charge is 2.28. The third kappa shape index (κ3) is 2.93. The lowest BCUT2D eigenvalue weighted by molar-refractivity contribution is 0.293. The van der Waals surface area contributed by atoms with Crippen LogP contribution in [0.5, 0.6) is 5.88 Å². The van der Waals surface area contributed by atoms with E-state index in [1.807, 2.05) is 13.0 Å². The van der Waals surface area contributed by atoms with E-state index in [2.05, 4.69) is 33.7 Å². The van der Waals surface area contributed by atoms with Gasteiger partial charge in [-0.25, -0.2) is 4.98 Å². The SMILES string of the molecule is CCNc1nc(C2CC2)nc(OCc2cccs2)c1C. The van der Waals surface area contributed by atoms with Gasteiger partial charge in [0.2, 0.25) is 5.88 Å². The molecule has 0 saturated heterocycles. The zero-order chi connectivity index (χ0) is 13.9. The standard InChI is InChI=1S/C15H19N3OS/c1-3-16-13-10(2)15(18-14(17-13)11-6-7-11)19-9-12-5-4-8-20-12/h4-5,8,11H,3,6-7,9H2,1-2H3,(H,16,17,18). The molecule has 106 valence electrons. The molecule has 0 radical (unpaired) electrons. The van der Waals surface area contributed by atoms with E-state index in [0.29, 0.717) is 18.4 Å². The molecule has 0 unspecified atom stereocenters. The van der Waals surface area contributed by atoms with Crippen molar-refractivity contribution in [2.75, 3.05) is 11.9 Å². The number of nitrogens with one attached hydrogen (secondary N) is 1. The molecule has 2 heterocycles. The molecule has 1 fully saturated rings. The van der Waals surface area contributed by atoms with Gasteiger partial charge in [0.1, 0.15) is 18.2 Å². The van der Waals surface area contributed by atoms with E-state index in [0.717, 1.165) is 23.8 Å². The fraction of sp³-hybridized carbons (Fsp3) is 0.467. The molecule has 2 aromatic heterocycles. The van der Waals surface area contributed by atoms with Gasteiger partial charge in [0, 0.05) is 17.3 Å². The third-order valence-electron chi connectivity index (χ3n) is 3.34. The zero-order valence-electron chi connectivity index (χ0n) is 11.8. The first-order valence-corrected chi connectivity index (χ1v) is 7.93. The molecule has 1 aliphatic rings. The fourth-order valence-electron chi connectivity index (χ4n) is 2.05. The number of rotatable bonds is 6. The Bertz CT molecular complexity index is 579. The van der Waals surface area contributed by atoms with E-state index in [4.69, 9.17) is 4.74 Å². The van der Waals surface area contributed by atoms with Crippen LogP contribution in [0, 0.1) is 6.92 Å². The maximum atomic E-state index is 5.91. The van der Waals surface area contributed by atoms with Crippen molar-refractivity contribution in [3.8, 4) is 5.88 Å². The molecule has 3 rings (SSSR count). The highest BCUT2D eigenvalue weighted by molar-refractivity contribution is 7.09. The highest BCUT2D eigenvalue weighted by atomic mass is 32.1. The quantitative estimate of drug-likeness (QED) is 0.880. The minimum Gasteiger partial charge on any atom is -0.472 e. The first-order chi connectivity index (χ1) is 9.78. The number of aromatic nitrogens is 2. The number of thiophene rings is 1. The van der Waals surface area contributed by atoms with Crippen molar-refractivity contribution in [1.82, 2.24) is 9.97 Å². The Balaban J connectivity index is 1.83. The maximum Gasteiger partial charge on any atom is 0.222 e. The van der Waals surface area contributed by atoms with Crippen LogP contribution in [0.3, 0.4) is 0 Å². The van der Waals surface area contributed by atoms with Gasteiger partial charge in [-0.1, -0.05) is 6.07 Å². The largest absolute Gasteiger partial charge is 0.472 e. The second-order valence-corrected chi connectivity index (χ2v) is 6.07. The van der Waals surface area contributed by atoms with E-state index in [-0.39, 0.29) is 0 Å². The van der Waals surface area contributed by atoms with Crippen LogP contribution < -0.4 is 10.1 Å². The average molecular weight is 289 g/mol. The summed E-state index contributed by atoms with van der Waals surface area (Å²) >= 11 is 1.70. The van der Waals surface area contributed by atoms with Gasteiger partial charge in [-0.3, -0.25) is 0 Å². The summed E-state index contributed by atoms with van der Waals surface area (Å²) < 4.78 is 5.91. The summed E-state index contributed by atoms with van der Waals surface area (Å²) in [4.78, 5) is 10.4. The molecule has 0 spiro atoms. The lowest BCUT2D eigenvalue weighted by Gasteiger charge is -2.13. The molecule has 0 amide bonds. The lowest BCUT2D eigenvalue weighted by Crippen LogP contribution is -2.08. The Morgan fingerprint density at radius 2 is 2.25 bits per heavy atom. The van der Waals surface area contributed by atoms with Crippen molar-refractivity contribution in [2.45, 2.75) is 39.2 Å². The van der Waals surface area contributed by atoms with Gasteiger partial charge in [-0.15, -0.1) is 11.3 Å². The Labute approximate surface area is 123 Å². The van der Waals surface area contributed by atoms with Crippen molar-refractivity contribution >= 4 is 17.2 Å². The van der Waals surface area contributed by atoms with E-state index in [1.165, 1.54) is 17.7 Å². The summed E-state index contributed by atoms with van der Waals surface area (Å²) in [5.41, 5.74) is 0.993. The van der Waals surface area contributed by atoms with Crippen LogP contribution in [0.2, 0.25) is 0 Å². The van der Waals surface area contributed by atoms with E-state index < -0.39 is 0 Å². The van der Waals surface area contributed by atoms with Crippen LogP contribution in [-0.4, -0.2) is 16.5 Å². The molecule has 0 atom stereocenters. The number of anilines is 1. The first-order valence-electron chi connectivity index (χ1n) is 7.05. The smallest absolute Gasteiger partial charge is 0.222 e. The molecule has 0 bridgehead atoms. The Morgan fingerprint density at radius 1 is 1.40 bits per heavy atom. The Hall–Kier alpha value is -1.62. The monoisotopic (exact) mass is 289 g/mol. The summed E-state index contributed by atoms with van der Waals surface area (Å²) in [6, 6.07) is 4.12. The van der Waals surface area contributed by atoms with Crippen LogP contribution in [0.25, 0.3) is 0 Å². The fourth-order valence-corrected chi connectivity index (χ4v) is 2.67. The first kappa shape index (κ1) is 13.4. The van der Waals surface area contributed by atoms with Crippen LogP contribution in [0.15, 0.2) is 17.5 Å². The van der Waals surface area contributed by atoms with Crippen LogP contribution in [-0.2, 0) is 6.61 Å². The zero-order valence-corrected chi connectivity index (χ0v) is 12.7. The van der Waals surface area contributed by atoms with E-state index in [9.17, 15) is 0 Å². The molecule has 1 N–H and O–H groups in total. The number of ether oxygens (including phenoxy) is 1. The summed E-state index contributed by atoms with van der Waals surface area (Å²) in [5, 5.41) is 5.36. The van der Waals surface area contributed by atoms with E-state index in [1.54, 1.807) is 11.3 Å². The molecular formula is C15H19N3OS. The molecule has 2 aromatic rings. The molecule has 5 heteroatoms. The predicted octanol–water partition coefficient (Wildman–Crippen LogP) is 3.73. The van der Waals surface area contributed by atoms with Crippen LogP contribution in [0.1, 0.15) is 41.9 Å². The van der Waals surface area contributed by atoms with Gasteiger partial charge >= 0.3 is 0 Å². The van der Waals surface area contributed by atoms with Crippen molar-refractivity contribution in [3.63, 3.8) is 0 Å². The van der Waals surface area contributed by atoms with Crippen molar-refractivity contribution < 1.29 is 4.74 Å². The van der Waals surface area contributed by atoms with Crippen LogP contribution in [0.4, 0.5) is 5.82 Å². The second-order valence-electron chi connectivity index (χ2n) is 5.03. The number of hydrogen-bond donors (Lipinski definition) is 1. The summed E-state index contributed by atoms with van der Waals surface area (Å²) in [6.07, 6.45) is 2.39. The van der Waals surface area contributed by atoms with Crippen molar-refractivity contribution in [1.29, 1.82) is 0 Å². The molecule has 0 aromatic carbocycles. The topological polar surface area (TPSA) is 47.0 Å². The van der Waals surface area contributed by atoms with Gasteiger partial charge in [0.15, 0.2) is 0 Å². The van der Waals surface area contributed by atoms with Crippen LogP contribution >= 0.6 is 11.3 Å². The lowest BCUT2D eigenvalue weighted by atomic mass is 10.3. The van der Waals surface area contributed by atoms with Gasteiger partial charge in [-0.2, -0.15) is 4.98 Å². The highest BCUT2D eigenvalue weighted by Crippen LogP contribution is 2.40. The minimum absolute atomic E-state index is 0.525. The van der Waals surface area contributed by atoms with Crippen molar-refractivity contribution in [3.05, 3.63) is 33.8 Å². The molecule has 0 aliphatic heterocycles. The summed E-state index contributed by atoms with van der Waals surface area (Å²) in [6.45, 7) is 5.51. The molecule has 4 nitrogen and oxygen atoms in total. The molecule has 20 heavy (non-hydrogen) atoms. The maximum absolute atomic E-state index is 5.91. The van der Waals surface area contributed by atoms with Gasteiger partial charge in [-0.05, 0) is 38.1 Å². The number of hydrogen-bond acceptors (Lipinski definition) is 5. The predicted molar refractivity (Wildman–Crippen MR) is 81.6 cm³/mol. The van der Waals surface area contributed by atoms with E-state index >= 15 is 0 Å².